The van der Waals surface area contributed by atoms with Crippen LogP contribution >= 0.6 is 0 Å². The van der Waals surface area contributed by atoms with Gasteiger partial charge in [-0.15, -0.1) is 0 Å². The number of piperidine rings is 1. The van der Waals surface area contributed by atoms with Crippen molar-refractivity contribution in [1.82, 2.24) is 9.80 Å². The van der Waals surface area contributed by atoms with Crippen LogP contribution < -0.4 is 4.90 Å². The minimum Gasteiger partial charge on any atom is -0.366 e. The van der Waals surface area contributed by atoms with Crippen LogP contribution in [0.1, 0.15) is 41.7 Å². The van der Waals surface area contributed by atoms with Gasteiger partial charge in [0.2, 0.25) is 0 Å². The Labute approximate surface area is 194 Å². The monoisotopic (exact) mass is 447 g/mol. The fourth-order valence-electron chi connectivity index (χ4n) is 4.69. The molecule has 8 nitrogen and oxygen atoms in total. The molecule has 1 amide bonds. The summed E-state index contributed by atoms with van der Waals surface area (Å²) in [4.78, 5) is 30.4. The topological polar surface area (TPSA) is 93.7 Å². The summed E-state index contributed by atoms with van der Waals surface area (Å²) in [5, 5.41) is 21.5. The summed E-state index contributed by atoms with van der Waals surface area (Å²) in [7, 11) is 0. The van der Waals surface area contributed by atoms with Gasteiger partial charge in [-0.25, -0.2) is 0 Å². The lowest BCUT2D eigenvalue weighted by molar-refractivity contribution is -0.384. The van der Waals surface area contributed by atoms with Crippen LogP contribution in [0.3, 0.4) is 0 Å². The first-order valence-corrected chi connectivity index (χ1v) is 11.5. The number of nitrogens with zero attached hydrogens (tertiary/aromatic N) is 5. The van der Waals surface area contributed by atoms with Crippen molar-refractivity contribution < 1.29 is 9.72 Å². The first kappa shape index (κ1) is 22.7. The molecule has 0 saturated carbocycles. The van der Waals surface area contributed by atoms with E-state index in [-0.39, 0.29) is 22.6 Å². The van der Waals surface area contributed by atoms with E-state index in [0.29, 0.717) is 43.3 Å². The molecule has 0 N–H and O–H groups in total. The predicted octanol–water partition coefficient (Wildman–Crippen LogP) is 3.85. The average Bonchev–Trinajstić information content (AvgIpc) is 2.85. The Balaban J connectivity index is 1.45. The summed E-state index contributed by atoms with van der Waals surface area (Å²) in [6.45, 7) is 5.88. The van der Waals surface area contributed by atoms with Crippen molar-refractivity contribution in [2.75, 3.05) is 44.2 Å². The average molecular weight is 448 g/mol. The molecule has 0 aromatic heterocycles. The van der Waals surface area contributed by atoms with Crippen LogP contribution in [0, 0.1) is 27.4 Å². The van der Waals surface area contributed by atoms with E-state index in [2.05, 4.69) is 22.8 Å². The molecule has 2 saturated heterocycles. The van der Waals surface area contributed by atoms with Crippen molar-refractivity contribution in [3.8, 4) is 6.07 Å². The number of hydrogen-bond acceptors (Lipinski definition) is 6. The van der Waals surface area contributed by atoms with Crippen LogP contribution in [-0.2, 0) is 0 Å². The zero-order chi connectivity index (χ0) is 23.4. The van der Waals surface area contributed by atoms with Gasteiger partial charge in [0.15, 0.2) is 0 Å². The minimum atomic E-state index is -0.389. The number of carbonyl (C=O) groups is 1. The van der Waals surface area contributed by atoms with Gasteiger partial charge in [0.1, 0.15) is 11.7 Å². The first-order chi connectivity index (χ1) is 16.0. The third-order valence-electron chi connectivity index (χ3n) is 6.75. The van der Waals surface area contributed by atoms with Gasteiger partial charge in [-0.05, 0) is 36.5 Å². The van der Waals surface area contributed by atoms with Crippen molar-refractivity contribution in [2.45, 2.75) is 25.8 Å². The fourth-order valence-corrected chi connectivity index (χ4v) is 4.69. The molecule has 2 aliphatic rings. The van der Waals surface area contributed by atoms with E-state index in [9.17, 15) is 20.2 Å². The second-order valence-corrected chi connectivity index (χ2v) is 8.90. The largest absolute Gasteiger partial charge is 0.366 e. The maximum Gasteiger partial charge on any atom is 0.293 e. The van der Waals surface area contributed by atoms with E-state index in [0.717, 1.165) is 31.5 Å². The van der Waals surface area contributed by atoms with Gasteiger partial charge in [0, 0.05) is 50.9 Å². The second-order valence-electron chi connectivity index (χ2n) is 8.90. The van der Waals surface area contributed by atoms with Crippen molar-refractivity contribution in [3.63, 3.8) is 0 Å². The molecule has 0 radical (unpaired) electrons. The Kier molecular flexibility index (Phi) is 6.90. The van der Waals surface area contributed by atoms with E-state index in [4.69, 9.17) is 0 Å². The molecular weight excluding hydrogens is 418 g/mol. The van der Waals surface area contributed by atoms with Crippen LogP contribution in [0.4, 0.5) is 11.4 Å². The Morgan fingerprint density at radius 3 is 2.33 bits per heavy atom. The van der Waals surface area contributed by atoms with E-state index >= 15 is 0 Å². The van der Waals surface area contributed by atoms with Gasteiger partial charge >= 0.3 is 0 Å². The quantitative estimate of drug-likeness (QED) is 0.510. The van der Waals surface area contributed by atoms with Gasteiger partial charge in [-0.2, -0.15) is 5.26 Å². The lowest BCUT2D eigenvalue weighted by Crippen LogP contribution is -2.49. The normalized spacial score (nSPS) is 18.5. The highest BCUT2D eigenvalue weighted by Crippen LogP contribution is 2.33. The maximum absolute atomic E-state index is 13.1. The highest BCUT2D eigenvalue weighted by molar-refractivity contribution is 5.96. The number of hydrogen-bond donors (Lipinski definition) is 0. The summed E-state index contributed by atoms with van der Waals surface area (Å²) in [6.07, 6.45) is 2.02. The third kappa shape index (κ3) is 4.99. The number of nitriles is 1. The first-order valence-electron chi connectivity index (χ1n) is 11.5. The molecule has 0 spiro atoms. The van der Waals surface area contributed by atoms with Crippen LogP contribution in [0.5, 0.6) is 0 Å². The minimum absolute atomic E-state index is 0.0114. The number of piperazine rings is 1. The van der Waals surface area contributed by atoms with Gasteiger partial charge < -0.3 is 9.80 Å². The Hall–Kier alpha value is -3.44. The number of nitro benzene ring substituents is 1. The Morgan fingerprint density at radius 1 is 1.06 bits per heavy atom. The van der Waals surface area contributed by atoms with Crippen molar-refractivity contribution in [2.24, 2.45) is 5.92 Å². The predicted molar refractivity (Wildman–Crippen MR) is 126 cm³/mol. The molecule has 2 aromatic carbocycles. The standard InChI is InChI=1S/C25H29N5O3/c1-19-9-11-27(12-10-19)22-8-7-21(17-23(22)30(32)33)25(31)29-15-13-28(14-16-29)24(18-26)20-5-3-2-4-6-20/h2-8,17,19,24H,9-16H2,1H3. The van der Waals surface area contributed by atoms with Crippen LogP contribution in [0.25, 0.3) is 0 Å². The lowest BCUT2D eigenvalue weighted by Gasteiger charge is -2.37. The lowest BCUT2D eigenvalue weighted by atomic mass is 9.98. The molecule has 2 aromatic rings. The smallest absolute Gasteiger partial charge is 0.293 e. The van der Waals surface area contributed by atoms with E-state index in [1.165, 1.54) is 6.07 Å². The second kappa shape index (κ2) is 10.0. The van der Waals surface area contributed by atoms with E-state index < -0.39 is 0 Å². The molecular formula is C25H29N5O3. The molecule has 4 rings (SSSR count). The Bertz CT molecular complexity index is 1040. The van der Waals surface area contributed by atoms with Crippen LogP contribution in [0.2, 0.25) is 0 Å². The van der Waals surface area contributed by atoms with Crippen molar-refractivity contribution >= 4 is 17.3 Å². The number of nitro groups is 1. The summed E-state index contributed by atoms with van der Waals surface area (Å²) in [5.74, 6) is 0.423. The van der Waals surface area contributed by atoms with Gasteiger partial charge in [0.25, 0.3) is 11.6 Å². The Morgan fingerprint density at radius 2 is 1.73 bits per heavy atom. The van der Waals surface area contributed by atoms with Crippen molar-refractivity contribution in [1.29, 1.82) is 5.26 Å². The highest BCUT2D eigenvalue weighted by Gasteiger charge is 2.29. The van der Waals surface area contributed by atoms with Gasteiger partial charge in [-0.3, -0.25) is 19.8 Å². The molecule has 2 heterocycles. The number of carbonyl (C=O) groups excluding carboxylic acids is 1. The summed E-state index contributed by atoms with van der Waals surface area (Å²) in [6, 6.07) is 16.5. The SMILES string of the molecule is CC1CCN(c2ccc(C(=O)N3CCN(C(C#N)c4ccccc4)CC3)cc2[N+](=O)[O-])CC1. The maximum atomic E-state index is 13.1. The van der Waals surface area contributed by atoms with Crippen molar-refractivity contribution in [3.05, 3.63) is 69.8 Å². The van der Waals surface area contributed by atoms with E-state index in [1.54, 1.807) is 17.0 Å². The molecule has 8 heteroatoms. The van der Waals surface area contributed by atoms with Gasteiger partial charge in [0.05, 0.1) is 11.0 Å². The van der Waals surface area contributed by atoms with Crippen LogP contribution in [0.15, 0.2) is 48.5 Å². The summed E-state index contributed by atoms with van der Waals surface area (Å²) < 4.78 is 0. The summed E-state index contributed by atoms with van der Waals surface area (Å²) >= 11 is 0. The molecule has 1 unspecified atom stereocenters. The number of rotatable bonds is 5. The molecule has 2 aliphatic heterocycles. The number of amides is 1. The summed E-state index contributed by atoms with van der Waals surface area (Å²) in [5.41, 5.74) is 1.86. The fraction of sp³-hybridized carbons (Fsp3) is 0.440. The zero-order valence-electron chi connectivity index (χ0n) is 18.9. The number of benzene rings is 2. The molecule has 0 bridgehead atoms. The highest BCUT2D eigenvalue weighted by atomic mass is 16.6. The number of anilines is 1. The van der Waals surface area contributed by atoms with Crippen LogP contribution in [-0.4, -0.2) is 59.9 Å². The molecule has 0 aliphatic carbocycles. The van der Waals surface area contributed by atoms with E-state index in [1.807, 2.05) is 30.3 Å². The van der Waals surface area contributed by atoms with Gasteiger partial charge in [-0.1, -0.05) is 37.3 Å². The molecule has 1 atom stereocenters. The zero-order valence-corrected chi connectivity index (χ0v) is 18.9. The molecule has 2 fully saturated rings. The molecule has 33 heavy (non-hydrogen) atoms. The third-order valence-corrected chi connectivity index (χ3v) is 6.75. The molecule has 172 valence electrons.